The molecule has 1 fully saturated rings. The Balaban J connectivity index is 1.55. The van der Waals surface area contributed by atoms with Crippen molar-refractivity contribution in [1.29, 1.82) is 0 Å². The number of hydrogen-bond donors (Lipinski definition) is 1. The molecule has 5 rings (SSSR count). The Bertz CT molecular complexity index is 989. The number of aryl methyl sites for hydroxylation is 3. The van der Waals surface area contributed by atoms with Crippen LogP contribution in [0.15, 0.2) is 24.4 Å². The Morgan fingerprint density at radius 2 is 2.00 bits per heavy atom. The lowest BCUT2D eigenvalue weighted by atomic mass is 9.71. The van der Waals surface area contributed by atoms with Gasteiger partial charge in [-0.25, -0.2) is 4.98 Å². The van der Waals surface area contributed by atoms with E-state index in [1.807, 2.05) is 11.8 Å². The second-order valence-electron chi connectivity index (χ2n) is 9.33. The third kappa shape index (κ3) is 3.56. The van der Waals surface area contributed by atoms with Gasteiger partial charge in [-0.05, 0) is 55.7 Å². The van der Waals surface area contributed by atoms with E-state index in [1.54, 1.807) is 0 Å². The summed E-state index contributed by atoms with van der Waals surface area (Å²) < 4.78 is 2.26. The van der Waals surface area contributed by atoms with E-state index in [2.05, 4.69) is 29.0 Å². The zero-order valence-electron chi connectivity index (χ0n) is 18.3. The lowest BCUT2D eigenvalue weighted by Crippen LogP contribution is -2.55. The molecule has 0 bridgehead atoms. The molecule has 0 radical (unpaired) electrons. The van der Waals surface area contributed by atoms with Crippen molar-refractivity contribution in [2.45, 2.75) is 76.8 Å². The summed E-state index contributed by atoms with van der Waals surface area (Å²) in [6.07, 6.45) is 9.56. The highest BCUT2D eigenvalue weighted by Gasteiger charge is 2.43. The molecule has 2 N–H and O–H groups in total. The molecule has 1 aromatic heterocycles. The van der Waals surface area contributed by atoms with Gasteiger partial charge in [0.1, 0.15) is 5.82 Å². The van der Waals surface area contributed by atoms with Gasteiger partial charge in [0.2, 0.25) is 11.8 Å². The van der Waals surface area contributed by atoms with Crippen LogP contribution in [0.1, 0.15) is 68.3 Å². The fourth-order valence-corrected chi connectivity index (χ4v) is 6.06. The van der Waals surface area contributed by atoms with Crippen molar-refractivity contribution >= 4 is 11.8 Å². The number of amides is 2. The van der Waals surface area contributed by atoms with Gasteiger partial charge < -0.3 is 15.2 Å². The molecule has 3 heterocycles. The van der Waals surface area contributed by atoms with Crippen molar-refractivity contribution in [3.05, 3.63) is 41.3 Å². The van der Waals surface area contributed by atoms with Crippen LogP contribution in [0.5, 0.6) is 0 Å². The Morgan fingerprint density at radius 1 is 1.13 bits per heavy atom. The number of primary amides is 1. The molecule has 0 saturated carbocycles. The molecular weight excluding hydrogens is 388 g/mol. The lowest BCUT2D eigenvalue weighted by molar-refractivity contribution is -0.140. The number of nitrogens with two attached hydrogens (primary N) is 1. The van der Waals surface area contributed by atoms with Crippen molar-refractivity contribution in [2.75, 3.05) is 6.54 Å². The van der Waals surface area contributed by atoms with Gasteiger partial charge in [-0.15, -0.1) is 0 Å². The number of benzene rings is 1. The minimum absolute atomic E-state index is 0.129. The highest BCUT2D eigenvalue weighted by atomic mass is 16.2. The molecule has 2 amide bonds. The number of imidazole rings is 1. The van der Waals surface area contributed by atoms with E-state index in [4.69, 9.17) is 10.7 Å². The van der Waals surface area contributed by atoms with Gasteiger partial charge in [-0.2, -0.15) is 0 Å². The molecule has 0 spiro atoms. The predicted molar refractivity (Wildman–Crippen MR) is 119 cm³/mol. The van der Waals surface area contributed by atoms with Crippen molar-refractivity contribution in [1.82, 2.24) is 14.5 Å². The van der Waals surface area contributed by atoms with Crippen molar-refractivity contribution in [2.24, 2.45) is 11.7 Å². The molecule has 164 valence electrons. The average Bonchev–Trinajstić information content (AvgIpc) is 3.40. The highest BCUT2D eigenvalue weighted by Crippen LogP contribution is 2.43. The first kappa shape index (κ1) is 20.3. The van der Waals surface area contributed by atoms with Crippen LogP contribution in [0.3, 0.4) is 0 Å². The molecule has 2 aromatic rings. The summed E-state index contributed by atoms with van der Waals surface area (Å²) in [5.41, 5.74) is 10.6. The number of nitrogens with zero attached hydrogens (tertiary/aromatic N) is 3. The summed E-state index contributed by atoms with van der Waals surface area (Å²) in [5.74, 6) is 0.897. The van der Waals surface area contributed by atoms with Crippen LogP contribution in [0, 0.1) is 5.92 Å². The average molecular weight is 421 g/mol. The number of aromatic nitrogens is 2. The van der Waals surface area contributed by atoms with E-state index in [0.29, 0.717) is 6.42 Å². The van der Waals surface area contributed by atoms with Crippen LogP contribution in [-0.4, -0.2) is 38.9 Å². The summed E-state index contributed by atoms with van der Waals surface area (Å²) in [5, 5.41) is 0. The molecule has 2 aliphatic heterocycles. The summed E-state index contributed by atoms with van der Waals surface area (Å²) in [6, 6.07) is 6.55. The van der Waals surface area contributed by atoms with E-state index in [1.165, 1.54) is 23.4 Å². The third-order valence-electron chi connectivity index (χ3n) is 7.55. The number of likely N-dealkylation sites (tertiary alicyclic amines) is 1. The quantitative estimate of drug-likeness (QED) is 0.823. The second-order valence-corrected chi connectivity index (χ2v) is 9.33. The second kappa shape index (κ2) is 8.13. The molecule has 2 unspecified atom stereocenters. The summed E-state index contributed by atoms with van der Waals surface area (Å²) >= 11 is 0. The van der Waals surface area contributed by atoms with Crippen molar-refractivity contribution < 1.29 is 9.59 Å². The topological polar surface area (TPSA) is 81.2 Å². The summed E-state index contributed by atoms with van der Waals surface area (Å²) in [7, 11) is 0. The number of carbonyl (C=O) groups excluding carboxylic acids is 2. The number of fused-ring (bicyclic) bond motifs is 2. The van der Waals surface area contributed by atoms with Crippen LogP contribution in [-0.2, 0) is 29.0 Å². The molecule has 1 aliphatic carbocycles. The first-order valence-electron chi connectivity index (χ1n) is 11.8. The zero-order valence-corrected chi connectivity index (χ0v) is 18.3. The number of carbonyl (C=O) groups is 2. The standard InChI is InChI=1S/C25H32N4O2/c1-2-23(30)29-13-4-8-19(25(26)31)24(29)18-7-3-6-16-10-11-17(14-20(16)18)21-15-28-12-5-9-22(28)27-21/h10-11,14-15,18-19,24H,2-9,12-13H2,1H3,(H2,26,31)/t18-,19?,24?/m1/s1. The normalized spacial score (nSPS) is 25.2. The monoisotopic (exact) mass is 420 g/mol. The Kier molecular flexibility index (Phi) is 5.32. The number of hydrogen-bond acceptors (Lipinski definition) is 3. The Labute approximate surface area is 183 Å². The first-order chi connectivity index (χ1) is 15.1. The minimum atomic E-state index is -0.278. The van der Waals surface area contributed by atoms with Gasteiger partial charge in [0.25, 0.3) is 0 Å². The fourth-order valence-electron chi connectivity index (χ4n) is 6.06. The van der Waals surface area contributed by atoms with Gasteiger partial charge >= 0.3 is 0 Å². The molecule has 1 saturated heterocycles. The lowest BCUT2D eigenvalue weighted by Gasteiger charge is -2.46. The van der Waals surface area contributed by atoms with Gasteiger partial charge in [0, 0.05) is 43.6 Å². The predicted octanol–water partition coefficient (Wildman–Crippen LogP) is 3.42. The van der Waals surface area contributed by atoms with E-state index in [0.717, 1.165) is 62.9 Å². The molecule has 6 nitrogen and oxygen atoms in total. The SMILES string of the molecule is CCC(=O)N1CCCC(C(N)=O)C1[C@@H]1CCCc2ccc(-c3cn4c(n3)CCC4)cc21. The maximum atomic E-state index is 12.8. The maximum Gasteiger partial charge on any atom is 0.222 e. The van der Waals surface area contributed by atoms with E-state index >= 15 is 0 Å². The largest absolute Gasteiger partial charge is 0.369 e. The van der Waals surface area contributed by atoms with Crippen molar-refractivity contribution in [3.63, 3.8) is 0 Å². The first-order valence-corrected chi connectivity index (χ1v) is 11.8. The molecule has 3 atom stereocenters. The Morgan fingerprint density at radius 3 is 2.77 bits per heavy atom. The third-order valence-corrected chi connectivity index (χ3v) is 7.55. The highest BCUT2D eigenvalue weighted by molar-refractivity contribution is 5.81. The molecular formula is C25H32N4O2. The van der Waals surface area contributed by atoms with Crippen LogP contribution < -0.4 is 5.73 Å². The van der Waals surface area contributed by atoms with Crippen LogP contribution in [0.2, 0.25) is 0 Å². The zero-order chi connectivity index (χ0) is 21.5. The van der Waals surface area contributed by atoms with E-state index in [9.17, 15) is 9.59 Å². The molecule has 1 aromatic carbocycles. The maximum absolute atomic E-state index is 12.8. The van der Waals surface area contributed by atoms with Crippen LogP contribution in [0.4, 0.5) is 0 Å². The van der Waals surface area contributed by atoms with Gasteiger partial charge in [-0.3, -0.25) is 9.59 Å². The van der Waals surface area contributed by atoms with Gasteiger partial charge in [-0.1, -0.05) is 19.1 Å². The van der Waals surface area contributed by atoms with Crippen molar-refractivity contribution in [3.8, 4) is 11.3 Å². The Hall–Kier alpha value is -2.63. The molecule has 6 heteroatoms. The van der Waals surface area contributed by atoms with E-state index in [-0.39, 0.29) is 29.7 Å². The van der Waals surface area contributed by atoms with Crippen LogP contribution >= 0.6 is 0 Å². The molecule has 31 heavy (non-hydrogen) atoms. The smallest absolute Gasteiger partial charge is 0.222 e. The van der Waals surface area contributed by atoms with E-state index < -0.39 is 0 Å². The number of piperidine rings is 1. The number of rotatable bonds is 4. The summed E-state index contributed by atoms with van der Waals surface area (Å²) in [4.78, 5) is 32.1. The fraction of sp³-hybridized carbons (Fsp3) is 0.560. The summed E-state index contributed by atoms with van der Waals surface area (Å²) in [6.45, 7) is 3.67. The molecule has 3 aliphatic rings. The van der Waals surface area contributed by atoms with Gasteiger partial charge in [0.15, 0.2) is 0 Å². The van der Waals surface area contributed by atoms with Gasteiger partial charge in [0.05, 0.1) is 17.7 Å². The van der Waals surface area contributed by atoms with Crippen LogP contribution in [0.25, 0.3) is 11.3 Å². The minimum Gasteiger partial charge on any atom is -0.369 e.